The summed E-state index contributed by atoms with van der Waals surface area (Å²) in [5.74, 6) is 0.0240. The quantitative estimate of drug-likeness (QED) is 0.731. The Morgan fingerprint density at radius 1 is 1.08 bits per heavy atom. The summed E-state index contributed by atoms with van der Waals surface area (Å²) in [7, 11) is 1.84. The van der Waals surface area contributed by atoms with Crippen LogP contribution in [0.3, 0.4) is 0 Å². The highest BCUT2D eigenvalue weighted by Gasteiger charge is 2.19. The second-order valence-electron chi connectivity index (χ2n) is 6.32. The van der Waals surface area contributed by atoms with Crippen molar-refractivity contribution in [3.05, 3.63) is 77.4 Å². The van der Waals surface area contributed by atoms with Gasteiger partial charge in [0.05, 0.1) is 11.7 Å². The minimum atomic E-state index is -0.0288. The number of benzene rings is 2. The minimum absolute atomic E-state index is 0.0240. The lowest BCUT2D eigenvalue weighted by Crippen LogP contribution is -2.29. The summed E-state index contributed by atoms with van der Waals surface area (Å²) in [6.45, 7) is 6.11. The van der Waals surface area contributed by atoms with Crippen LogP contribution in [0.15, 0.2) is 55.1 Å². The highest BCUT2D eigenvalue weighted by molar-refractivity contribution is 5.94. The molecule has 3 aromatic rings. The summed E-state index contributed by atoms with van der Waals surface area (Å²) in [5.41, 5.74) is 5.05. The van der Waals surface area contributed by atoms with Gasteiger partial charge in [-0.3, -0.25) is 4.79 Å². The maximum absolute atomic E-state index is 12.8. The molecule has 0 bridgehead atoms. The van der Waals surface area contributed by atoms with Gasteiger partial charge in [-0.15, -0.1) is 0 Å². The van der Waals surface area contributed by atoms with Crippen molar-refractivity contribution in [2.75, 3.05) is 7.05 Å². The molecular formula is C20H22N4O. The Morgan fingerprint density at radius 3 is 2.40 bits per heavy atom. The average Bonchev–Trinajstić information content (AvgIpc) is 3.17. The number of rotatable bonds is 4. The van der Waals surface area contributed by atoms with E-state index < -0.39 is 0 Å². The molecule has 1 heterocycles. The molecule has 0 aliphatic heterocycles. The van der Waals surface area contributed by atoms with E-state index in [9.17, 15) is 4.79 Å². The standard InChI is InChI=1S/C20H22N4O/c1-14-5-6-18(11-15(14)2)20(25)23(4)16(3)17-7-9-19(10-8-17)24-13-21-12-22-24/h5-13,16H,1-4H3/t16-/m0/s1. The van der Waals surface area contributed by atoms with Gasteiger partial charge in [-0.05, 0) is 61.7 Å². The third kappa shape index (κ3) is 3.45. The van der Waals surface area contributed by atoms with E-state index in [1.165, 1.54) is 11.9 Å². The summed E-state index contributed by atoms with van der Waals surface area (Å²) in [6.07, 6.45) is 3.17. The molecule has 1 aromatic heterocycles. The Kier molecular flexibility index (Phi) is 4.65. The number of carbonyl (C=O) groups excluding carboxylic acids is 1. The van der Waals surface area contributed by atoms with Crippen LogP contribution in [0.4, 0.5) is 0 Å². The molecule has 0 radical (unpaired) electrons. The highest BCUT2D eigenvalue weighted by Crippen LogP contribution is 2.22. The summed E-state index contributed by atoms with van der Waals surface area (Å²) < 4.78 is 1.71. The molecule has 0 aliphatic carbocycles. The molecule has 0 unspecified atom stereocenters. The second-order valence-corrected chi connectivity index (χ2v) is 6.32. The Bertz CT molecular complexity index is 869. The van der Waals surface area contributed by atoms with Crippen molar-refractivity contribution in [2.45, 2.75) is 26.8 Å². The maximum atomic E-state index is 12.8. The zero-order valence-corrected chi connectivity index (χ0v) is 15.0. The molecule has 0 saturated heterocycles. The van der Waals surface area contributed by atoms with Crippen LogP contribution in [0.1, 0.15) is 40.0 Å². The van der Waals surface area contributed by atoms with Gasteiger partial charge in [0.15, 0.2) is 0 Å². The molecule has 2 aromatic carbocycles. The largest absolute Gasteiger partial charge is 0.335 e. The first-order valence-electron chi connectivity index (χ1n) is 8.26. The summed E-state index contributed by atoms with van der Waals surface area (Å²) >= 11 is 0. The lowest BCUT2D eigenvalue weighted by Gasteiger charge is -2.26. The van der Waals surface area contributed by atoms with Gasteiger partial charge >= 0.3 is 0 Å². The molecule has 1 atom stereocenters. The molecule has 128 valence electrons. The number of nitrogens with zero attached hydrogens (tertiary/aromatic N) is 4. The van der Waals surface area contributed by atoms with Crippen LogP contribution in [0.5, 0.6) is 0 Å². The highest BCUT2D eigenvalue weighted by atomic mass is 16.2. The molecule has 3 rings (SSSR count). The fraction of sp³-hybridized carbons (Fsp3) is 0.250. The van der Waals surface area contributed by atoms with E-state index in [4.69, 9.17) is 0 Å². The fourth-order valence-corrected chi connectivity index (χ4v) is 2.72. The molecule has 5 heteroatoms. The first-order valence-corrected chi connectivity index (χ1v) is 8.26. The van der Waals surface area contributed by atoms with Gasteiger partial charge in [0.1, 0.15) is 12.7 Å². The van der Waals surface area contributed by atoms with Crippen LogP contribution >= 0.6 is 0 Å². The number of carbonyl (C=O) groups is 1. The van der Waals surface area contributed by atoms with Crippen molar-refractivity contribution in [1.29, 1.82) is 0 Å². The molecule has 5 nitrogen and oxygen atoms in total. The third-order valence-electron chi connectivity index (χ3n) is 4.71. The molecule has 1 amide bonds. The van der Waals surface area contributed by atoms with Crippen molar-refractivity contribution in [3.63, 3.8) is 0 Å². The second kappa shape index (κ2) is 6.89. The van der Waals surface area contributed by atoms with Crippen molar-refractivity contribution < 1.29 is 4.79 Å². The SMILES string of the molecule is Cc1ccc(C(=O)N(C)[C@@H](C)c2ccc(-n3cncn3)cc2)cc1C. The van der Waals surface area contributed by atoms with E-state index in [1.807, 2.05) is 70.3 Å². The zero-order valence-electron chi connectivity index (χ0n) is 15.0. The van der Waals surface area contributed by atoms with Crippen molar-refractivity contribution in [1.82, 2.24) is 19.7 Å². The smallest absolute Gasteiger partial charge is 0.254 e. The van der Waals surface area contributed by atoms with E-state index in [1.54, 1.807) is 15.9 Å². The van der Waals surface area contributed by atoms with E-state index in [0.717, 1.165) is 22.4 Å². The van der Waals surface area contributed by atoms with Gasteiger partial charge in [0.25, 0.3) is 5.91 Å². The van der Waals surface area contributed by atoms with Gasteiger partial charge in [-0.1, -0.05) is 18.2 Å². The normalized spacial score (nSPS) is 12.0. The van der Waals surface area contributed by atoms with Gasteiger partial charge in [-0.25, -0.2) is 9.67 Å². The summed E-state index contributed by atoms with van der Waals surface area (Å²) in [4.78, 5) is 18.5. The van der Waals surface area contributed by atoms with E-state index >= 15 is 0 Å². The van der Waals surface area contributed by atoms with Crippen molar-refractivity contribution >= 4 is 5.91 Å². The van der Waals surface area contributed by atoms with E-state index in [2.05, 4.69) is 10.1 Å². The number of hydrogen-bond acceptors (Lipinski definition) is 3. The number of hydrogen-bond donors (Lipinski definition) is 0. The Balaban J connectivity index is 1.78. The summed E-state index contributed by atoms with van der Waals surface area (Å²) in [6, 6.07) is 13.8. The van der Waals surface area contributed by atoms with E-state index in [0.29, 0.717) is 0 Å². The number of amides is 1. The van der Waals surface area contributed by atoms with Gasteiger partial charge in [0.2, 0.25) is 0 Å². The molecule has 0 N–H and O–H groups in total. The van der Waals surface area contributed by atoms with Crippen molar-refractivity contribution in [3.8, 4) is 5.69 Å². The third-order valence-corrected chi connectivity index (χ3v) is 4.71. The minimum Gasteiger partial charge on any atom is -0.335 e. The lowest BCUT2D eigenvalue weighted by molar-refractivity contribution is 0.0742. The maximum Gasteiger partial charge on any atom is 0.254 e. The van der Waals surface area contributed by atoms with Gasteiger partial charge < -0.3 is 4.90 Å². The Morgan fingerprint density at radius 2 is 1.80 bits per heavy atom. The predicted octanol–water partition coefficient (Wildman–Crippen LogP) is 3.72. The van der Waals surface area contributed by atoms with Gasteiger partial charge in [0, 0.05) is 12.6 Å². The average molecular weight is 334 g/mol. The van der Waals surface area contributed by atoms with Gasteiger partial charge in [-0.2, -0.15) is 5.10 Å². The first-order chi connectivity index (χ1) is 12.0. The molecular weight excluding hydrogens is 312 g/mol. The van der Waals surface area contributed by atoms with Crippen molar-refractivity contribution in [2.24, 2.45) is 0 Å². The topological polar surface area (TPSA) is 51.0 Å². The molecule has 25 heavy (non-hydrogen) atoms. The monoisotopic (exact) mass is 334 g/mol. The van der Waals surface area contributed by atoms with Crippen LogP contribution in [0.2, 0.25) is 0 Å². The Hall–Kier alpha value is -2.95. The molecule has 0 spiro atoms. The predicted molar refractivity (Wildman–Crippen MR) is 97.8 cm³/mol. The molecule has 0 fully saturated rings. The number of aryl methyl sites for hydroxylation is 2. The first kappa shape index (κ1) is 16.9. The Labute approximate surface area is 147 Å². The lowest BCUT2D eigenvalue weighted by atomic mass is 10.0. The number of aromatic nitrogens is 3. The van der Waals surface area contributed by atoms with E-state index in [-0.39, 0.29) is 11.9 Å². The molecule has 0 saturated carbocycles. The molecule has 0 aliphatic rings. The van der Waals surface area contributed by atoms with Crippen LogP contribution in [-0.4, -0.2) is 32.6 Å². The van der Waals surface area contributed by atoms with Crippen LogP contribution in [0.25, 0.3) is 5.69 Å². The fourth-order valence-electron chi connectivity index (χ4n) is 2.72. The van der Waals surface area contributed by atoms with Crippen LogP contribution in [-0.2, 0) is 0 Å². The zero-order chi connectivity index (χ0) is 18.0. The van der Waals surface area contributed by atoms with Crippen LogP contribution < -0.4 is 0 Å². The van der Waals surface area contributed by atoms with Crippen LogP contribution in [0, 0.1) is 13.8 Å². The summed E-state index contributed by atoms with van der Waals surface area (Å²) in [5, 5.41) is 4.12.